The van der Waals surface area contributed by atoms with Crippen LogP contribution in [0.3, 0.4) is 0 Å². The van der Waals surface area contributed by atoms with Gasteiger partial charge < -0.3 is 0 Å². The van der Waals surface area contributed by atoms with Crippen molar-refractivity contribution in [2.75, 3.05) is 12.3 Å². The lowest BCUT2D eigenvalue weighted by Gasteiger charge is -2.12. The Labute approximate surface area is 211 Å². The molecule has 0 aromatic rings. The molecule has 0 saturated carbocycles. The Bertz CT molecular complexity index is 488. The van der Waals surface area contributed by atoms with Crippen LogP contribution in [0, 0.1) is 0 Å². The van der Waals surface area contributed by atoms with Gasteiger partial charge in [-0.3, -0.25) is 14.5 Å². The van der Waals surface area contributed by atoms with E-state index >= 15 is 0 Å². The number of carbonyl (C=O) groups is 2. The van der Waals surface area contributed by atoms with Gasteiger partial charge in [0.25, 0.3) is 11.8 Å². The quantitative estimate of drug-likeness (QED) is 0.0969. The SMILES string of the molecule is O=C1C=CC(=O)N1CCCCCCCCCCCCCCCCCCCCCCCCC[S]. The predicted molar refractivity (Wildman–Crippen MR) is 145 cm³/mol. The number of hydrogen-bond donors (Lipinski definition) is 0. The second-order valence-corrected chi connectivity index (χ2v) is 10.4. The van der Waals surface area contributed by atoms with Gasteiger partial charge in [-0.1, -0.05) is 147 Å². The highest BCUT2D eigenvalue weighted by atomic mass is 32.1. The van der Waals surface area contributed by atoms with Crippen LogP contribution in [-0.2, 0) is 9.59 Å². The molecule has 1 aliphatic rings. The van der Waals surface area contributed by atoms with E-state index in [4.69, 9.17) is 12.6 Å². The van der Waals surface area contributed by atoms with Crippen molar-refractivity contribution in [3.63, 3.8) is 0 Å². The molecular weight excluding hydrogens is 426 g/mol. The fourth-order valence-corrected chi connectivity index (χ4v) is 4.94. The number of rotatable bonds is 25. The predicted octanol–water partition coefficient (Wildman–Crippen LogP) is 9.08. The molecule has 0 spiro atoms. The Hall–Kier alpha value is -0.770. The van der Waals surface area contributed by atoms with Crippen LogP contribution < -0.4 is 0 Å². The average molecular weight is 479 g/mol. The van der Waals surface area contributed by atoms with Crippen molar-refractivity contribution >= 4 is 24.4 Å². The van der Waals surface area contributed by atoms with Crippen molar-refractivity contribution in [2.24, 2.45) is 0 Å². The summed E-state index contributed by atoms with van der Waals surface area (Å²) in [5.41, 5.74) is 0. The summed E-state index contributed by atoms with van der Waals surface area (Å²) in [7, 11) is 0. The van der Waals surface area contributed by atoms with Gasteiger partial charge in [0.05, 0.1) is 0 Å². The second kappa shape index (κ2) is 23.0. The third-order valence-electron chi connectivity index (χ3n) is 6.93. The van der Waals surface area contributed by atoms with Gasteiger partial charge in [0.2, 0.25) is 0 Å². The molecule has 0 bridgehead atoms. The van der Waals surface area contributed by atoms with Gasteiger partial charge in [-0.2, -0.15) is 0 Å². The van der Waals surface area contributed by atoms with E-state index in [9.17, 15) is 9.59 Å². The van der Waals surface area contributed by atoms with Gasteiger partial charge in [-0.05, 0) is 12.8 Å². The van der Waals surface area contributed by atoms with Crippen LogP contribution in [0.15, 0.2) is 12.2 Å². The number of unbranched alkanes of at least 4 members (excludes halogenated alkanes) is 22. The Balaban J connectivity index is 1.66. The highest BCUT2D eigenvalue weighted by Crippen LogP contribution is 2.16. The number of imide groups is 1. The Kier molecular flexibility index (Phi) is 21.1. The van der Waals surface area contributed by atoms with Crippen LogP contribution in [-0.4, -0.2) is 29.0 Å². The minimum Gasteiger partial charge on any atom is -0.275 e. The first-order valence-corrected chi connectivity index (χ1v) is 14.9. The van der Waals surface area contributed by atoms with Crippen LogP contribution in [0.1, 0.15) is 148 Å². The molecule has 0 aliphatic carbocycles. The Morgan fingerprint density at radius 2 is 0.667 bits per heavy atom. The minimum absolute atomic E-state index is 0.146. The number of hydrogen-bond acceptors (Lipinski definition) is 2. The smallest absolute Gasteiger partial charge is 0.253 e. The van der Waals surface area contributed by atoms with E-state index in [1.807, 2.05) is 0 Å². The van der Waals surface area contributed by atoms with Gasteiger partial charge in [-0.25, -0.2) is 0 Å². The summed E-state index contributed by atoms with van der Waals surface area (Å²) in [6.07, 6.45) is 34.0. The molecule has 191 valence electrons. The molecule has 3 nitrogen and oxygen atoms in total. The molecule has 0 atom stereocenters. The lowest BCUT2D eigenvalue weighted by Crippen LogP contribution is -2.30. The molecule has 0 saturated heterocycles. The minimum atomic E-state index is -0.146. The van der Waals surface area contributed by atoms with Crippen molar-refractivity contribution in [1.82, 2.24) is 4.90 Å². The van der Waals surface area contributed by atoms with Crippen molar-refractivity contribution in [2.45, 2.75) is 148 Å². The number of nitrogens with zero attached hydrogens (tertiary/aromatic N) is 1. The van der Waals surface area contributed by atoms with E-state index in [0.717, 1.165) is 18.6 Å². The van der Waals surface area contributed by atoms with Gasteiger partial charge in [0.15, 0.2) is 0 Å². The molecule has 1 rings (SSSR count). The summed E-state index contributed by atoms with van der Waals surface area (Å²) < 4.78 is 0. The second-order valence-electron chi connectivity index (χ2n) is 10.00. The molecule has 0 unspecified atom stereocenters. The number of carbonyl (C=O) groups excluding carboxylic acids is 2. The molecule has 1 radical (unpaired) electrons. The zero-order valence-corrected chi connectivity index (χ0v) is 22.3. The lowest BCUT2D eigenvalue weighted by molar-refractivity contribution is -0.136. The first kappa shape index (κ1) is 30.3. The van der Waals surface area contributed by atoms with Gasteiger partial charge in [-0.15, -0.1) is 0 Å². The topological polar surface area (TPSA) is 37.4 Å². The molecule has 0 N–H and O–H groups in total. The van der Waals surface area contributed by atoms with E-state index in [0.29, 0.717) is 6.54 Å². The van der Waals surface area contributed by atoms with Crippen molar-refractivity contribution < 1.29 is 9.59 Å². The number of amides is 2. The summed E-state index contributed by atoms with van der Waals surface area (Å²) in [6.45, 7) is 0.585. The standard InChI is InChI=1S/C29H52NO2S/c31-28-24-25-29(32)30(28)26-22-20-18-16-14-12-10-8-6-4-2-1-3-5-7-9-11-13-15-17-19-21-23-27-33/h24-25H,1-23,26-27H2. The molecule has 0 aromatic heterocycles. The molecule has 1 aliphatic heterocycles. The first-order chi connectivity index (χ1) is 16.3. The molecule has 33 heavy (non-hydrogen) atoms. The zero-order valence-electron chi connectivity index (χ0n) is 21.5. The summed E-state index contributed by atoms with van der Waals surface area (Å²) in [4.78, 5) is 24.3. The van der Waals surface area contributed by atoms with Crippen molar-refractivity contribution in [3.05, 3.63) is 12.2 Å². The molecule has 4 heteroatoms. The van der Waals surface area contributed by atoms with Crippen LogP contribution in [0.2, 0.25) is 0 Å². The molecular formula is C29H52NO2S. The molecule has 2 amide bonds. The van der Waals surface area contributed by atoms with Crippen LogP contribution >= 0.6 is 12.6 Å². The molecule has 1 heterocycles. The van der Waals surface area contributed by atoms with E-state index in [1.165, 1.54) is 152 Å². The largest absolute Gasteiger partial charge is 0.275 e. The van der Waals surface area contributed by atoms with Gasteiger partial charge in [0, 0.05) is 24.4 Å². The highest BCUT2D eigenvalue weighted by Gasteiger charge is 2.21. The van der Waals surface area contributed by atoms with Crippen molar-refractivity contribution in [3.8, 4) is 0 Å². The zero-order chi connectivity index (χ0) is 23.8. The summed E-state index contributed by atoms with van der Waals surface area (Å²) in [5.74, 6) is 0.649. The first-order valence-electron chi connectivity index (χ1n) is 14.4. The Morgan fingerprint density at radius 1 is 0.424 bits per heavy atom. The van der Waals surface area contributed by atoms with E-state index in [-0.39, 0.29) is 11.8 Å². The summed E-state index contributed by atoms with van der Waals surface area (Å²) >= 11 is 4.99. The van der Waals surface area contributed by atoms with Crippen molar-refractivity contribution in [1.29, 1.82) is 0 Å². The van der Waals surface area contributed by atoms with E-state index in [1.54, 1.807) is 0 Å². The normalized spacial score (nSPS) is 13.5. The van der Waals surface area contributed by atoms with E-state index in [2.05, 4.69) is 0 Å². The third kappa shape index (κ3) is 18.3. The van der Waals surface area contributed by atoms with Gasteiger partial charge >= 0.3 is 0 Å². The third-order valence-corrected chi connectivity index (χ3v) is 7.22. The monoisotopic (exact) mass is 478 g/mol. The fourth-order valence-electron chi connectivity index (χ4n) is 4.74. The molecule has 0 aromatic carbocycles. The Morgan fingerprint density at radius 3 is 0.939 bits per heavy atom. The summed E-state index contributed by atoms with van der Waals surface area (Å²) in [5, 5.41) is 0. The maximum atomic E-state index is 11.5. The highest BCUT2D eigenvalue weighted by molar-refractivity contribution is 7.80. The van der Waals surface area contributed by atoms with Gasteiger partial charge in [0.1, 0.15) is 0 Å². The maximum absolute atomic E-state index is 11.5. The average Bonchev–Trinajstić information content (AvgIpc) is 3.14. The summed E-state index contributed by atoms with van der Waals surface area (Å²) in [6, 6.07) is 0. The van der Waals surface area contributed by atoms with Crippen LogP contribution in [0.4, 0.5) is 0 Å². The molecule has 0 fully saturated rings. The fraction of sp³-hybridized carbons (Fsp3) is 0.862. The lowest BCUT2D eigenvalue weighted by atomic mass is 10.0. The van der Waals surface area contributed by atoms with E-state index < -0.39 is 0 Å². The van der Waals surface area contributed by atoms with Crippen LogP contribution in [0.25, 0.3) is 0 Å². The maximum Gasteiger partial charge on any atom is 0.253 e. The van der Waals surface area contributed by atoms with Crippen LogP contribution in [0.5, 0.6) is 0 Å².